The van der Waals surface area contributed by atoms with Gasteiger partial charge in [0.05, 0.1) is 10.4 Å². The molecular formula is C21H18N6O2. The quantitative estimate of drug-likeness (QED) is 0.368. The molecule has 2 N–H and O–H groups in total. The van der Waals surface area contributed by atoms with E-state index in [0.29, 0.717) is 12.2 Å². The second-order valence-corrected chi connectivity index (χ2v) is 6.52. The third-order valence-corrected chi connectivity index (χ3v) is 4.48. The number of pyridine rings is 1. The Morgan fingerprint density at radius 2 is 1.76 bits per heavy atom. The molecule has 0 fully saturated rings. The van der Waals surface area contributed by atoms with Crippen molar-refractivity contribution in [2.24, 2.45) is 0 Å². The maximum atomic E-state index is 11.8. The largest absolute Gasteiger partial charge is 0.360 e. The second-order valence-electron chi connectivity index (χ2n) is 6.52. The molecule has 0 bridgehead atoms. The van der Waals surface area contributed by atoms with Crippen LogP contribution in [0.25, 0.3) is 10.9 Å². The van der Waals surface area contributed by atoms with Crippen LogP contribution in [-0.2, 0) is 6.54 Å². The Bertz CT molecular complexity index is 1170. The molecule has 0 atom stereocenters. The van der Waals surface area contributed by atoms with E-state index in [9.17, 15) is 10.1 Å². The van der Waals surface area contributed by atoms with Crippen LogP contribution >= 0.6 is 0 Å². The molecule has 0 aliphatic heterocycles. The van der Waals surface area contributed by atoms with E-state index in [1.165, 1.54) is 6.33 Å². The average Bonchev–Trinajstić information content (AvgIpc) is 2.73. The molecule has 0 aliphatic carbocycles. The van der Waals surface area contributed by atoms with Crippen LogP contribution in [0.15, 0.2) is 67.1 Å². The van der Waals surface area contributed by atoms with E-state index in [1.54, 1.807) is 6.20 Å². The number of nitrogens with zero attached hydrogens (tertiary/aromatic N) is 4. The number of hydrogen-bond donors (Lipinski definition) is 2. The number of aryl methyl sites for hydroxylation is 1. The molecule has 0 amide bonds. The van der Waals surface area contributed by atoms with Gasteiger partial charge in [0, 0.05) is 23.8 Å². The van der Waals surface area contributed by atoms with Crippen molar-refractivity contribution in [3.63, 3.8) is 0 Å². The fourth-order valence-electron chi connectivity index (χ4n) is 3.00. The van der Waals surface area contributed by atoms with E-state index >= 15 is 0 Å². The molecule has 0 aliphatic rings. The Labute approximate surface area is 166 Å². The minimum Gasteiger partial charge on any atom is -0.360 e. The molecule has 4 aromatic rings. The van der Waals surface area contributed by atoms with Crippen LogP contribution in [0.3, 0.4) is 0 Å². The van der Waals surface area contributed by atoms with Crippen LogP contribution in [-0.4, -0.2) is 19.9 Å². The van der Waals surface area contributed by atoms with Gasteiger partial charge < -0.3 is 10.6 Å². The van der Waals surface area contributed by atoms with Gasteiger partial charge in [0.1, 0.15) is 6.33 Å². The minimum atomic E-state index is -0.483. The van der Waals surface area contributed by atoms with Crippen LogP contribution in [0.1, 0.15) is 11.1 Å². The zero-order valence-corrected chi connectivity index (χ0v) is 15.7. The van der Waals surface area contributed by atoms with Crippen LogP contribution in [0.4, 0.5) is 23.0 Å². The Morgan fingerprint density at radius 1 is 0.966 bits per heavy atom. The summed E-state index contributed by atoms with van der Waals surface area (Å²) < 4.78 is 0. The van der Waals surface area contributed by atoms with Gasteiger partial charge in [0.2, 0.25) is 11.6 Å². The molecule has 0 radical (unpaired) electrons. The van der Waals surface area contributed by atoms with Gasteiger partial charge in [-0.05, 0) is 36.8 Å². The van der Waals surface area contributed by atoms with Crippen LogP contribution in [0, 0.1) is 17.0 Å². The first-order chi connectivity index (χ1) is 14.1. The Kier molecular flexibility index (Phi) is 4.98. The number of nitrogens with one attached hydrogen (secondary N) is 2. The molecular weight excluding hydrogens is 368 g/mol. The van der Waals surface area contributed by atoms with Gasteiger partial charge in [-0.1, -0.05) is 35.9 Å². The van der Waals surface area contributed by atoms with Crippen molar-refractivity contribution in [3.8, 4) is 0 Å². The lowest BCUT2D eigenvalue weighted by Gasteiger charge is -2.11. The fraction of sp³-hybridized carbons (Fsp3) is 0.0952. The summed E-state index contributed by atoms with van der Waals surface area (Å²) in [6, 6.07) is 17.2. The van der Waals surface area contributed by atoms with Gasteiger partial charge in [-0.3, -0.25) is 15.1 Å². The number of fused-ring (bicyclic) bond motifs is 1. The van der Waals surface area contributed by atoms with E-state index in [0.717, 1.165) is 22.0 Å². The summed E-state index contributed by atoms with van der Waals surface area (Å²) in [5, 5.41) is 18.7. The van der Waals surface area contributed by atoms with E-state index in [2.05, 4.69) is 25.6 Å². The van der Waals surface area contributed by atoms with Crippen molar-refractivity contribution in [1.29, 1.82) is 0 Å². The van der Waals surface area contributed by atoms with E-state index in [1.807, 2.05) is 61.5 Å². The van der Waals surface area contributed by atoms with Gasteiger partial charge >= 0.3 is 5.69 Å². The summed E-state index contributed by atoms with van der Waals surface area (Å²) in [4.78, 5) is 23.8. The normalized spacial score (nSPS) is 10.7. The summed E-state index contributed by atoms with van der Waals surface area (Å²) in [7, 11) is 0. The van der Waals surface area contributed by atoms with E-state index in [4.69, 9.17) is 0 Å². The molecule has 144 valence electrons. The van der Waals surface area contributed by atoms with E-state index in [-0.39, 0.29) is 17.3 Å². The monoisotopic (exact) mass is 386 g/mol. The zero-order valence-electron chi connectivity index (χ0n) is 15.7. The summed E-state index contributed by atoms with van der Waals surface area (Å²) in [6.45, 7) is 2.42. The lowest BCUT2D eigenvalue weighted by Crippen LogP contribution is -2.08. The number of nitro groups is 1. The van der Waals surface area contributed by atoms with Gasteiger partial charge in [0.25, 0.3) is 0 Å². The van der Waals surface area contributed by atoms with Gasteiger partial charge in [-0.15, -0.1) is 0 Å². The van der Waals surface area contributed by atoms with E-state index < -0.39 is 4.92 Å². The molecule has 4 rings (SSSR count). The van der Waals surface area contributed by atoms with Crippen molar-refractivity contribution in [2.75, 3.05) is 10.6 Å². The predicted octanol–water partition coefficient (Wildman–Crippen LogP) is 4.60. The number of hydrogen-bond acceptors (Lipinski definition) is 7. The summed E-state index contributed by atoms with van der Waals surface area (Å²) >= 11 is 0. The second kappa shape index (κ2) is 7.89. The Balaban J connectivity index is 1.66. The maximum absolute atomic E-state index is 11.8. The SMILES string of the molecule is Cc1ccc(CNc2ncnc(Nc3cccc4ncccc34)c2[N+](=O)[O-])cc1. The number of anilines is 3. The smallest absolute Gasteiger partial charge is 0.353 e. The molecule has 0 spiro atoms. The number of rotatable bonds is 6. The first-order valence-electron chi connectivity index (χ1n) is 9.01. The lowest BCUT2D eigenvalue weighted by atomic mass is 10.1. The summed E-state index contributed by atoms with van der Waals surface area (Å²) in [5.74, 6) is 0.277. The molecule has 0 unspecified atom stereocenters. The fourth-order valence-corrected chi connectivity index (χ4v) is 3.00. The molecule has 2 heterocycles. The highest BCUT2D eigenvalue weighted by molar-refractivity contribution is 5.93. The molecule has 8 heteroatoms. The maximum Gasteiger partial charge on any atom is 0.353 e. The number of aromatic nitrogens is 3. The van der Waals surface area contributed by atoms with Crippen molar-refractivity contribution < 1.29 is 4.92 Å². The van der Waals surface area contributed by atoms with Crippen LogP contribution < -0.4 is 10.6 Å². The highest BCUT2D eigenvalue weighted by Crippen LogP contribution is 2.33. The minimum absolute atomic E-state index is 0.118. The average molecular weight is 386 g/mol. The first kappa shape index (κ1) is 18.3. The molecule has 29 heavy (non-hydrogen) atoms. The standard InChI is InChI=1S/C21H18N6O2/c1-14-7-9-15(10-8-14)12-23-20-19(27(28)29)21(25-13-24-20)26-18-6-2-5-17-16(18)4-3-11-22-17/h2-11,13H,12H2,1H3,(H2,23,24,25,26). The molecule has 0 saturated carbocycles. The third kappa shape index (κ3) is 3.96. The zero-order chi connectivity index (χ0) is 20.2. The highest BCUT2D eigenvalue weighted by Gasteiger charge is 2.23. The molecule has 2 aromatic carbocycles. The van der Waals surface area contributed by atoms with Crippen molar-refractivity contribution in [2.45, 2.75) is 13.5 Å². The van der Waals surface area contributed by atoms with Crippen LogP contribution in [0.5, 0.6) is 0 Å². The lowest BCUT2D eigenvalue weighted by molar-refractivity contribution is -0.383. The van der Waals surface area contributed by atoms with Crippen LogP contribution in [0.2, 0.25) is 0 Å². The Morgan fingerprint density at radius 3 is 2.55 bits per heavy atom. The molecule has 2 aromatic heterocycles. The molecule has 8 nitrogen and oxygen atoms in total. The molecule has 0 saturated heterocycles. The van der Waals surface area contributed by atoms with Gasteiger partial charge in [-0.2, -0.15) is 0 Å². The van der Waals surface area contributed by atoms with Crippen molar-refractivity contribution >= 4 is 33.9 Å². The topological polar surface area (TPSA) is 106 Å². The summed E-state index contributed by atoms with van der Waals surface area (Å²) in [6.07, 6.45) is 3.00. The van der Waals surface area contributed by atoms with Gasteiger partial charge in [-0.25, -0.2) is 9.97 Å². The summed E-state index contributed by atoms with van der Waals surface area (Å²) in [5.41, 5.74) is 3.41. The Hall–Kier alpha value is -4.07. The highest BCUT2D eigenvalue weighted by atomic mass is 16.6. The predicted molar refractivity (Wildman–Crippen MR) is 112 cm³/mol. The van der Waals surface area contributed by atoms with Crippen molar-refractivity contribution in [3.05, 3.63) is 88.4 Å². The number of benzene rings is 2. The van der Waals surface area contributed by atoms with Gasteiger partial charge in [0.15, 0.2) is 0 Å². The first-order valence-corrected chi connectivity index (χ1v) is 9.01. The van der Waals surface area contributed by atoms with Crippen molar-refractivity contribution in [1.82, 2.24) is 15.0 Å². The third-order valence-electron chi connectivity index (χ3n) is 4.48.